The average Bonchev–Trinajstić information content (AvgIpc) is 3.48. The molecule has 194 valence electrons. The summed E-state index contributed by atoms with van der Waals surface area (Å²) in [5.41, 5.74) is 4.33. The van der Waals surface area contributed by atoms with Crippen molar-refractivity contribution in [2.75, 3.05) is 51.0 Å². The molecule has 1 amide bonds. The van der Waals surface area contributed by atoms with Gasteiger partial charge in [-0.15, -0.1) is 5.10 Å². The molecule has 1 aliphatic heterocycles. The molecule has 12 nitrogen and oxygen atoms in total. The van der Waals surface area contributed by atoms with E-state index in [0.29, 0.717) is 34.6 Å². The number of carbonyl (C=O) groups excluding carboxylic acids is 1. The lowest BCUT2D eigenvalue weighted by Crippen LogP contribution is -2.51. The molecule has 4 aromatic rings. The number of amides is 1. The highest BCUT2D eigenvalue weighted by atomic mass is 16.5. The number of likely N-dealkylation sites (N-methyl/N-ethyl adjacent to an activating group) is 1. The van der Waals surface area contributed by atoms with Gasteiger partial charge in [-0.25, -0.2) is 9.97 Å². The molecular weight excluding hydrogens is 472 g/mol. The van der Waals surface area contributed by atoms with Gasteiger partial charge in [0.1, 0.15) is 11.4 Å². The van der Waals surface area contributed by atoms with Gasteiger partial charge in [0, 0.05) is 44.8 Å². The van der Waals surface area contributed by atoms with Crippen LogP contribution in [-0.2, 0) is 11.8 Å². The zero-order chi connectivity index (χ0) is 26.1. The molecule has 0 aliphatic carbocycles. The smallest absolute Gasteiger partial charge is 0.256 e. The Morgan fingerprint density at radius 2 is 1.92 bits per heavy atom. The Balaban J connectivity index is 1.40. The van der Waals surface area contributed by atoms with Crippen LogP contribution in [0.15, 0.2) is 30.6 Å². The Labute approximate surface area is 215 Å². The summed E-state index contributed by atoms with van der Waals surface area (Å²) in [7, 11) is 5.48. The van der Waals surface area contributed by atoms with Crippen LogP contribution in [-0.4, -0.2) is 92.0 Å². The lowest BCUT2D eigenvalue weighted by atomic mass is 10.1. The van der Waals surface area contributed by atoms with Gasteiger partial charge < -0.3 is 20.3 Å². The predicted molar refractivity (Wildman–Crippen MR) is 142 cm³/mol. The van der Waals surface area contributed by atoms with Crippen molar-refractivity contribution in [3.8, 4) is 17.3 Å². The van der Waals surface area contributed by atoms with Crippen molar-refractivity contribution in [1.82, 2.24) is 39.7 Å². The van der Waals surface area contributed by atoms with E-state index >= 15 is 0 Å². The number of benzene rings is 1. The zero-order valence-corrected chi connectivity index (χ0v) is 21.7. The number of nitrogens with zero attached hydrogens (tertiary/aromatic N) is 7. The molecule has 0 bridgehead atoms. The molecule has 37 heavy (non-hydrogen) atoms. The van der Waals surface area contributed by atoms with Crippen LogP contribution in [0.4, 0.5) is 17.3 Å². The maximum atomic E-state index is 13.1. The monoisotopic (exact) mass is 504 g/mol. The molecule has 1 saturated heterocycles. The summed E-state index contributed by atoms with van der Waals surface area (Å²) < 4.78 is 6.97. The predicted octanol–water partition coefficient (Wildman–Crippen LogP) is 2.39. The summed E-state index contributed by atoms with van der Waals surface area (Å²) in [6, 6.07) is 5.53. The molecule has 5 rings (SSSR count). The van der Waals surface area contributed by atoms with Crippen LogP contribution in [0.25, 0.3) is 22.3 Å². The fourth-order valence-corrected chi connectivity index (χ4v) is 4.51. The van der Waals surface area contributed by atoms with E-state index < -0.39 is 0 Å². The van der Waals surface area contributed by atoms with E-state index in [1.54, 1.807) is 24.2 Å². The largest absolute Gasteiger partial charge is 0.478 e. The molecule has 0 spiro atoms. The minimum atomic E-state index is -0.228. The minimum Gasteiger partial charge on any atom is -0.478 e. The number of rotatable bonds is 7. The number of aryl methyl sites for hydroxylation is 2. The Kier molecular flexibility index (Phi) is 6.76. The molecule has 0 radical (unpaired) electrons. The van der Waals surface area contributed by atoms with E-state index in [2.05, 4.69) is 47.8 Å². The quantitative estimate of drug-likeness (QED) is 0.347. The number of hydrogen-bond acceptors (Lipinski definition) is 9. The Morgan fingerprint density at radius 3 is 2.68 bits per heavy atom. The van der Waals surface area contributed by atoms with Gasteiger partial charge >= 0.3 is 0 Å². The topological polar surface area (TPSA) is 129 Å². The molecule has 4 heterocycles. The van der Waals surface area contributed by atoms with Gasteiger partial charge in [0.05, 0.1) is 36.2 Å². The van der Waals surface area contributed by atoms with Crippen molar-refractivity contribution in [2.45, 2.75) is 19.9 Å². The molecule has 0 unspecified atom stereocenters. The standard InChI is InChI=1S/C25H32N10O2/c1-15-13-26-25(28-19-14-34(4)32-24(19)37-5)29-20(15)22-17-7-6-8-18(21(17)30-31-22)27-23(36)16(2)35-11-9-33(3)10-12-35/h6-8,13-14,16H,9-12H2,1-5H3,(H,27,36)(H,30,31)(H,26,28,29)/t16-/m0/s1. The van der Waals surface area contributed by atoms with Crippen molar-refractivity contribution < 1.29 is 9.53 Å². The number of methoxy groups -OCH3 is 1. The number of hydrogen-bond donors (Lipinski definition) is 3. The number of anilines is 3. The summed E-state index contributed by atoms with van der Waals surface area (Å²) in [4.78, 5) is 26.7. The van der Waals surface area contributed by atoms with Gasteiger partial charge in [0.25, 0.3) is 5.88 Å². The lowest BCUT2D eigenvalue weighted by Gasteiger charge is -2.35. The Morgan fingerprint density at radius 1 is 1.14 bits per heavy atom. The maximum absolute atomic E-state index is 13.1. The zero-order valence-electron chi connectivity index (χ0n) is 21.7. The lowest BCUT2D eigenvalue weighted by molar-refractivity contribution is -0.121. The molecule has 3 N–H and O–H groups in total. The van der Waals surface area contributed by atoms with Crippen LogP contribution in [0.5, 0.6) is 5.88 Å². The first-order valence-electron chi connectivity index (χ1n) is 12.2. The number of carbonyl (C=O) groups is 1. The highest BCUT2D eigenvalue weighted by molar-refractivity contribution is 6.05. The second-order valence-electron chi connectivity index (χ2n) is 9.38. The number of H-pyrrole nitrogens is 1. The second-order valence-corrected chi connectivity index (χ2v) is 9.38. The van der Waals surface area contributed by atoms with E-state index in [4.69, 9.17) is 9.72 Å². The number of piperazine rings is 1. The summed E-state index contributed by atoms with van der Waals surface area (Å²) in [6.07, 6.45) is 3.54. The van der Waals surface area contributed by atoms with Gasteiger partial charge in [-0.05, 0) is 32.5 Å². The molecule has 1 atom stereocenters. The van der Waals surface area contributed by atoms with Gasteiger partial charge in [0.15, 0.2) is 0 Å². The number of aromatic nitrogens is 6. The first-order valence-corrected chi connectivity index (χ1v) is 12.2. The van der Waals surface area contributed by atoms with Gasteiger partial charge in [-0.2, -0.15) is 5.10 Å². The number of aromatic amines is 1. The van der Waals surface area contributed by atoms with E-state index in [1.807, 2.05) is 39.1 Å². The molecule has 1 aliphatic rings. The third-order valence-electron chi connectivity index (χ3n) is 6.75. The first-order chi connectivity index (χ1) is 17.8. The third kappa shape index (κ3) is 4.98. The fraction of sp³-hybridized carbons (Fsp3) is 0.400. The van der Waals surface area contributed by atoms with Crippen LogP contribution in [0, 0.1) is 6.92 Å². The minimum absolute atomic E-state index is 0.0386. The third-order valence-corrected chi connectivity index (χ3v) is 6.75. The second kappa shape index (κ2) is 10.1. The Hall–Kier alpha value is -4.03. The van der Waals surface area contributed by atoms with Crippen molar-refractivity contribution >= 4 is 34.1 Å². The number of para-hydroxylation sites is 1. The van der Waals surface area contributed by atoms with Crippen LogP contribution in [0.1, 0.15) is 12.5 Å². The molecule has 12 heteroatoms. The highest BCUT2D eigenvalue weighted by Crippen LogP contribution is 2.32. The average molecular weight is 505 g/mol. The molecule has 0 saturated carbocycles. The SMILES string of the molecule is COc1nn(C)cc1Nc1ncc(C)c(-c2n[nH]c3c(NC(=O)[C@H](C)N4CCN(C)CC4)cccc23)n1. The maximum Gasteiger partial charge on any atom is 0.256 e. The molecule has 1 fully saturated rings. The van der Waals surface area contributed by atoms with Crippen LogP contribution < -0.4 is 15.4 Å². The molecular formula is C25H32N10O2. The fourth-order valence-electron chi connectivity index (χ4n) is 4.51. The normalized spacial score (nSPS) is 15.6. The molecule has 3 aromatic heterocycles. The van der Waals surface area contributed by atoms with Crippen LogP contribution >= 0.6 is 0 Å². The van der Waals surface area contributed by atoms with Gasteiger partial charge in [-0.3, -0.25) is 19.5 Å². The number of nitrogens with one attached hydrogen (secondary N) is 3. The van der Waals surface area contributed by atoms with Crippen molar-refractivity contribution in [1.29, 1.82) is 0 Å². The van der Waals surface area contributed by atoms with Gasteiger partial charge in [0.2, 0.25) is 11.9 Å². The number of fused-ring (bicyclic) bond motifs is 1. The van der Waals surface area contributed by atoms with E-state index in [0.717, 1.165) is 42.6 Å². The van der Waals surface area contributed by atoms with Crippen LogP contribution in [0.2, 0.25) is 0 Å². The highest BCUT2D eigenvalue weighted by Gasteiger charge is 2.25. The van der Waals surface area contributed by atoms with Crippen LogP contribution in [0.3, 0.4) is 0 Å². The summed E-state index contributed by atoms with van der Waals surface area (Å²) >= 11 is 0. The van der Waals surface area contributed by atoms with E-state index in [1.165, 1.54) is 0 Å². The van der Waals surface area contributed by atoms with Gasteiger partial charge in [-0.1, -0.05) is 12.1 Å². The molecule has 1 aromatic carbocycles. The number of ether oxygens (including phenoxy) is 1. The summed E-state index contributed by atoms with van der Waals surface area (Å²) in [5.74, 6) is 0.807. The Bertz CT molecular complexity index is 1420. The van der Waals surface area contributed by atoms with E-state index in [-0.39, 0.29) is 11.9 Å². The van der Waals surface area contributed by atoms with Crippen molar-refractivity contribution in [3.63, 3.8) is 0 Å². The van der Waals surface area contributed by atoms with Crippen molar-refractivity contribution in [2.24, 2.45) is 7.05 Å². The summed E-state index contributed by atoms with van der Waals surface area (Å²) in [6.45, 7) is 7.55. The van der Waals surface area contributed by atoms with Crippen molar-refractivity contribution in [3.05, 3.63) is 36.2 Å². The summed E-state index contributed by atoms with van der Waals surface area (Å²) in [5, 5.41) is 19.1. The van der Waals surface area contributed by atoms with E-state index in [9.17, 15) is 4.79 Å². The first kappa shape index (κ1) is 24.7.